The number of hydrogen-bond donors (Lipinski definition) is 1. The Bertz CT molecular complexity index is 801. The predicted octanol–water partition coefficient (Wildman–Crippen LogP) is 3.41. The highest BCUT2D eigenvalue weighted by Crippen LogP contribution is 2.35. The fourth-order valence-electron chi connectivity index (χ4n) is 3.18. The Kier molecular flexibility index (Phi) is 6.59. The molecule has 1 saturated heterocycles. The number of carbonyl (C=O) groups is 2. The molecule has 1 fully saturated rings. The maximum Gasteiger partial charge on any atom is 0.412 e. The number of rotatable bonds is 6. The third kappa shape index (κ3) is 4.48. The van der Waals surface area contributed by atoms with Crippen LogP contribution in [0.1, 0.15) is 17.5 Å². The zero-order valence-corrected chi connectivity index (χ0v) is 16.5. The van der Waals surface area contributed by atoms with Crippen LogP contribution < -0.4 is 0 Å². The monoisotopic (exact) mass is 401 g/mol. The lowest BCUT2D eigenvalue weighted by atomic mass is 10.1. The van der Waals surface area contributed by atoms with Gasteiger partial charge in [0.25, 0.3) is 0 Å². The average Bonchev–Trinajstić information content (AvgIpc) is 3.09. The minimum Gasteiger partial charge on any atom is -0.457 e. The summed E-state index contributed by atoms with van der Waals surface area (Å²) >= 11 is 4.45. The Hall–Kier alpha value is -2.51. The zero-order valence-electron chi connectivity index (χ0n) is 15.6. The van der Waals surface area contributed by atoms with Crippen LogP contribution in [-0.2, 0) is 32.2 Å². The maximum atomic E-state index is 12.9. The highest BCUT2D eigenvalue weighted by atomic mass is 32.1. The van der Waals surface area contributed by atoms with Crippen LogP contribution in [0.4, 0.5) is 4.79 Å². The number of carbonyl (C=O) groups excluding carboxylic acids is 2. The van der Waals surface area contributed by atoms with Crippen LogP contribution in [0.2, 0.25) is 0 Å². The second-order valence-electron chi connectivity index (χ2n) is 6.56. The molecule has 0 spiro atoms. The summed E-state index contributed by atoms with van der Waals surface area (Å²) in [4.78, 5) is 26.8. The molecule has 2 atom stereocenters. The van der Waals surface area contributed by atoms with Gasteiger partial charge in [-0.2, -0.15) is 12.6 Å². The van der Waals surface area contributed by atoms with Gasteiger partial charge in [0, 0.05) is 25.3 Å². The molecular weight excluding hydrogens is 378 g/mol. The average molecular weight is 401 g/mol. The number of methoxy groups -OCH3 is 1. The van der Waals surface area contributed by atoms with E-state index in [9.17, 15) is 9.59 Å². The van der Waals surface area contributed by atoms with Gasteiger partial charge in [0.15, 0.2) is 0 Å². The van der Waals surface area contributed by atoms with Gasteiger partial charge in [0.2, 0.25) is 5.72 Å². The summed E-state index contributed by atoms with van der Waals surface area (Å²) in [5.41, 5.74) is 0.155. The number of thiol groups is 1. The van der Waals surface area contributed by atoms with Crippen molar-refractivity contribution in [1.29, 1.82) is 0 Å². The molecule has 1 aliphatic rings. The lowest BCUT2D eigenvalue weighted by molar-refractivity contribution is -0.187. The minimum atomic E-state index is -1.55. The molecule has 3 rings (SSSR count). The van der Waals surface area contributed by atoms with Crippen molar-refractivity contribution < 1.29 is 23.8 Å². The molecule has 1 amide bonds. The fourth-order valence-corrected chi connectivity index (χ4v) is 3.59. The third-order valence-corrected chi connectivity index (χ3v) is 4.98. The van der Waals surface area contributed by atoms with Crippen LogP contribution in [0.15, 0.2) is 60.7 Å². The highest BCUT2D eigenvalue weighted by Gasteiger charge is 2.55. The molecule has 7 heteroatoms. The van der Waals surface area contributed by atoms with E-state index in [1.807, 2.05) is 60.7 Å². The molecule has 2 unspecified atom stereocenters. The number of ether oxygens (including phenoxy) is 3. The lowest BCUT2D eigenvalue weighted by Gasteiger charge is -2.33. The van der Waals surface area contributed by atoms with E-state index in [1.54, 1.807) is 0 Å². The summed E-state index contributed by atoms with van der Waals surface area (Å²) < 4.78 is 16.4. The highest BCUT2D eigenvalue weighted by molar-refractivity contribution is 7.81. The van der Waals surface area contributed by atoms with Crippen molar-refractivity contribution in [2.75, 3.05) is 13.7 Å². The number of benzene rings is 2. The Morgan fingerprint density at radius 2 is 1.54 bits per heavy atom. The van der Waals surface area contributed by atoms with Crippen molar-refractivity contribution >= 4 is 24.7 Å². The van der Waals surface area contributed by atoms with Crippen molar-refractivity contribution in [2.24, 2.45) is 0 Å². The SMILES string of the molecule is COC1(C(=O)OCc2ccccc2)CC(S)CN1C(=O)OCc1ccccc1. The normalized spacial score (nSPS) is 21.4. The standard InChI is InChI=1S/C21H23NO5S/c1-25-21(19(23)26-14-16-8-4-2-5-9-16)12-18(28)13-22(21)20(24)27-15-17-10-6-3-7-11-17/h2-11,18,28H,12-15H2,1H3. The first-order chi connectivity index (χ1) is 13.5. The van der Waals surface area contributed by atoms with Gasteiger partial charge in [-0.3, -0.25) is 4.90 Å². The largest absolute Gasteiger partial charge is 0.457 e. The Labute approximate surface area is 169 Å². The van der Waals surface area contributed by atoms with Gasteiger partial charge in [-0.25, -0.2) is 9.59 Å². The summed E-state index contributed by atoms with van der Waals surface area (Å²) in [6.45, 7) is 0.423. The third-order valence-electron chi connectivity index (χ3n) is 4.64. The summed E-state index contributed by atoms with van der Waals surface area (Å²) in [5.74, 6) is -0.632. The number of likely N-dealkylation sites (tertiary alicyclic amines) is 1. The summed E-state index contributed by atoms with van der Waals surface area (Å²) in [6.07, 6.45) is -0.417. The molecule has 148 valence electrons. The van der Waals surface area contributed by atoms with Gasteiger partial charge in [-0.05, 0) is 11.1 Å². The number of amides is 1. The van der Waals surface area contributed by atoms with E-state index in [4.69, 9.17) is 14.2 Å². The summed E-state index contributed by atoms with van der Waals surface area (Å²) in [7, 11) is 1.38. The van der Waals surface area contributed by atoms with Crippen molar-refractivity contribution in [3.8, 4) is 0 Å². The zero-order chi connectivity index (χ0) is 20.0. The maximum absolute atomic E-state index is 12.9. The van der Waals surface area contributed by atoms with E-state index >= 15 is 0 Å². The molecule has 0 bridgehead atoms. The Morgan fingerprint density at radius 3 is 2.07 bits per heavy atom. The molecule has 0 saturated carbocycles. The van der Waals surface area contributed by atoms with Crippen LogP contribution in [-0.4, -0.2) is 41.6 Å². The van der Waals surface area contributed by atoms with Crippen molar-refractivity contribution in [3.63, 3.8) is 0 Å². The van der Waals surface area contributed by atoms with Crippen molar-refractivity contribution in [3.05, 3.63) is 71.8 Å². The molecule has 28 heavy (non-hydrogen) atoms. The van der Waals surface area contributed by atoms with E-state index in [1.165, 1.54) is 12.0 Å². The second-order valence-corrected chi connectivity index (χ2v) is 7.29. The molecule has 6 nitrogen and oxygen atoms in total. The van der Waals surface area contributed by atoms with E-state index in [-0.39, 0.29) is 31.4 Å². The topological polar surface area (TPSA) is 65.1 Å². The van der Waals surface area contributed by atoms with Crippen LogP contribution in [0, 0.1) is 0 Å². The van der Waals surface area contributed by atoms with Crippen LogP contribution in [0.5, 0.6) is 0 Å². The van der Waals surface area contributed by atoms with Crippen molar-refractivity contribution in [2.45, 2.75) is 30.6 Å². The van der Waals surface area contributed by atoms with Gasteiger partial charge in [-0.1, -0.05) is 60.7 Å². The van der Waals surface area contributed by atoms with Gasteiger partial charge in [0.05, 0.1) is 0 Å². The fraction of sp³-hybridized carbons (Fsp3) is 0.333. The molecule has 2 aromatic rings. The quantitative estimate of drug-likeness (QED) is 0.594. The first-order valence-electron chi connectivity index (χ1n) is 8.98. The van der Waals surface area contributed by atoms with Gasteiger partial charge in [-0.15, -0.1) is 0 Å². The summed E-state index contributed by atoms with van der Waals surface area (Å²) in [5, 5.41) is -0.228. The predicted molar refractivity (Wildman–Crippen MR) is 107 cm³/mol. The van der Waals surface area contributed by atoms with Gasteiger partial charge < -0.3 is 14.2 Å². The Morgan fingerprint density at radius 1 is 1.00 bits per heavy atom. The molecule has 0 radical (unpaired) electrons. The van der Waals surface area contributed by atoms with E-state index in [0.717, 1.165) is 11.1 Å². The van der Waals surface area contributed by atoms with Gasteiger partial charge >= 0.3 is 12.1 Å². The second kappa shape index (κ2) is 9.12. The molecule has 2 aromatic carbocycles. The summed E-state index contributed by atoms with van der Waals surface area (Å²) in [6, 6.07) is 18.6. The smallest absolute Gasteiger partial charge is 0.412 e. The molecular formula is C21H23NO5S. The molecule has 1 aliphatic heterocycles. The molecule has 0 aromatic heterocycles. The van der Waals surface area contributed by atoms with E-state index in [0.29, 0.717) is 0 Å². The number of esters is 1. The van der Waals surface area contributed by atoms with Crippen LogP contribution in [0.25, 0.3) is 0 Å². The number of hydrogen-bond acceptors (Lipinski definition) is 6. The first kappa shape index (κ1) is 20.2. The van der Waals surface area contributed by atoms with E-state index in [2.05, 4.69) is 12.6 Å². The minimum absolute atomic E-state index is 0.0922. The lowest BCUT2D eigenvalue weighted by Crippen LogP contribution is -2.55. The van der Waals surface area contributed by atoms with Crippen LogP contribution >= 0.6 is 12.6 Å². The molecule has 1 heterocycles. The molecule has 0 N–H and O–H groups in total. The molecule has 0 aliphatic carbocycles. The first-order valence-corrected chi connectivity index (χ1v) is 9.49. The number of nitrogens with zero attached hydrogens (tertiary/aromatic N) is 1. The van der Waals surface area contributed by atoms with Gasteiger partial charge in [0.1, 0.15) is 13.2 Å². The van der Waals surface area contributed by atoms with Crippen molar-refractivity contribution in [1.82, 2.24) is 4.90 Å². The Balaban J connectivity index is 1.69. The van der Waals surface area contributed by atoms with Crippen LogP contribution in [0.3, 0.4) is 0 Å². The van der Waals surface area contributed by atoms with E-state index < -0.39 is 17.8 Å².